The molecule has 0 spiro atoms. The molecule has 98 valence electrons. The molecule has 1 rings (SSSR count). The molecule has 0 saturated carbocycles. The monoisotopic (exact) mass is 278 g/mol. The van der Waals surface area contributed by atoms with E-state index in [2.05, 4.69) is 10.1 Å². The van der Waals surface area contributed by atoms with Crippen LogP contribution in [0, 0.1) is 11.3 Å². The molecule has 1 amide bonds. The third-order valence-corrected chi connectivity index (χ3v) is 2.51. The summed E-state index contributed by atoms with van der Waals surface area (Å²) in [6.45, 7) is 0. The first-order chi connectivity index (χ1) is 9.12. The van der Waals surface area contributed by atoms with E-state index in [0.29, 0.717) is 22.7 Å². The van der Waals surface area contributed by atoms with Crippen LogP contribution in [0.3, 0.4) is 0 Å². The van der Waals surface area contributed by atoms with Gasteiger partial charge in [-0.15, -0.1) is 0 Å². The number of rotatable bonds is 5. The second-order valence-corrected chi connectivity index (χ2v) is 3.93. The Bertz CT molecular complexity index is 561. The fourth-order valence-corrected chi connectivity index (χ4v) is 1.61. The van der Waals surface area contributed by atoms with Gasteiger partial charge in [0.05, 0.1) is 25.2 Å². The average molecular weight is 279 g/mol. The van der Waals surface area contributed by atoms with Crippen LogP contribution in [-0.2, 0) is 14.3 Å². The van der Waals surface area contributed by atoms with Crippen LogP contribution in [0.1, 0.15) is 12.0 Å². The molecule has 1 aromatic carbocycles. The second kappa shape index (κ2) is 7.19. The summed E-state index contributed by atoms with van der Waals surface area (Å²) in [5, 5.41) is 11.6. The largest absolute Gasteiger partial charge is 0.466 e. The Morgan fingerprint density at radius 2 is 2.32 bits per heavy atom. The summed E-state index contributed by atoms with van der Waals surface area (Å²) in [4.78, 5) is 22.0. The maximum atomic E-state index is 11.5. The fourth-order valence-electron chi connectivity index (χ4n) is 1.43. The molecule has 0 aliphatic carbocycles. The Kier molecular flexibility index (Phi) is 5.58. The topological polar surface area (TPSA) is 79.2 Å². The van der Waals surface area contributed by atoms with Crippen molar-refractivity contribution >= 4 is 35.7 Å². The SMILES string of the molecule is COC(=O)/C(=C/c1cc(Cl)ccc1NC=O)CC#N. The summed E-state index contributed by atoms with van der Waals surface area (Å²) < 4.78 is 4.59. The van der Waals surface area contributed by atoms with Gasteiger partial charge in [0.15, 0.2) is 0 Å². The summed E-state index contributed by atoms with van der Waals surface area (Å²) >= 11 is 5.86. The van der Waals surface area contributed by atoms with E-state index < -0.39 is 5.97 Å². The first-order valence-corrected chi connectivity index (χ1v) is 5.65. The Balaban J connectivity index is 3.25. The van der Waals surface area contributed by atoms with Crippen LogP contribution in [0.25, 0.3) is 6.08 Å². The number of nitrogens with zero attached hydrogens (tertiary/aromatic N) is 1. The van der Waals surface area contributed by atoms with E-state index in [-0.39, 0.29) is 12.0 Å². The molecule has 0 bridgehead atoms. The summed E-state index contributed by atoms with van der Waals surface area (Å²) in [5.41, 5.74) is 1.19. The Labute approximate surface area is 115 Å². The number of esters is 1. The highest BCUT2D eigenvalue weighted by Crippen LogP contribution is 2.23. The molecule has 0 aliphatic heterocycles. The van der Waals surface area contributed by atoms with Gasteiger partial charge in [-0.1, -0.05) is 11.6 Å². The number of ether oxygens (including phenoxy) is 1. The lowest BCUT2D eigenvalue weighted by atomic mass is 10.1. The van der Waals surface area contributed by atoms with Crippen LogP contribution in [0.4, 0.5) is 5.69 Å². The number of anilines is 1. The predicted octanol–water partition coefficient (Wildman–Crippen LogP) is 2.38. The van der Waals surface area contributed by atoms with Crippen molar-refractivity contribution in [2.75, 3.05) is 12.4 Å². The van der Waals surface area contributed by atoms with Crippen molar-refractivity contribution in [3.05, 3.63) is 34.4 Å². The minimum Gasteiger partial charge on any atom is -0.466 e. The normalized spacial score (nSPS) is 10.5. The quantitative estimate of drug-likeness (QED) is 0.509. The van der Waals surface area contributed by atoms with E-state index in [1.807, 2.05) is 6.07 Å². The van der Waals surface area contributed by atoms with Crippen molar-refractivity contribution in [3.63, 3.8) is 0 Å². The highest BCUT2D eigenvalue weighted by atomic mass is 35.5. The minimum absolute atomic E-state index is 0.0975. The molecule has 0 saturated heterocycles. The summed E-state index contributed by atoms with van der Waals surface area (Å²) in [6, 6.07) is 6.66. The van der Waals surface area contributed by atoms with Crippen LogP contribution in [0.15, 0.2) is 23.8 Å². The van der Waals surface area contributed by atoms with Gasteiger partial charge in [0.2, 0.25) is 6.41 Å². The van der Waals surface area contributed by atoms with Crippen LogP contribution in [-0.4, -0.2) is 19.5 Å². The van der Waals surface area contributed by atoms with Gasteiger partial charge in [-0.05, 0) is 24.3 Å². The molecule has 5 nitrogen and oxygen atoms in total. The maximum absolute atomic E-state index is 11.5. The van der Waals surface area contributed by atoms with Crippen molar-refractivity contribution in [3.8, 4) is 6.07 Å². The summed E-state index contributed by atoms with van der Waals surface area (Å²) in [6.07, 6.45) is 1.88. The van der Waals surface area contributed by atoms with E-state index >= 15 is 0 Å². The number of hydrogen-bond acceptors (Lipinski definition) is 4. The average Bonchev–Trinajstić information content (AvgIpc) is 2.40. The molecule has 6 heteroatoms. The van der Waals surface area contributed by atoms with Crippen LogP contribution < -0.4 is 5.32 Å². The van der Waals surface area contributed by atoms with E-state index in [9.17, 15) is 9.59 Å². The predicted molar refractivity (Wildman–Crippen MR) is 71.4 cm³/mol. The Hall–Kier alpha value is -2.32. The summed E-state index contributed by atoms with van der Waals surface area (Å²) in [5.74, 6) is -0.599. The number of amides is 1. The molecule has 0 atom stereocenters. The molecule has 19 heavy (non-hydrogen) atoms. The third kappa shape index (κ3) is 4.12. The van der Waals surface area contributed by atoms with Gasteiger partial charge < -0.3 is 10.1 Å². The van der Waals surface area contributed by atoms with Gasteiger partial charge in [0.25, 0.3) is 0 Å². The third-order valence-electron chi connectivity index (χ3n) is 2.27. The number of benzene rings is 1. The van der Waals surface area contributed by atoms with Gasteiger partial charge in [0.1, 0.15) is 0 Å². The zero-order valence-corrected chi connectivity index (χ0v) is 10.9. The van der Waals surface area contributed by atoms with Crippen molar-refractivity contribution < 1.29 is 14.3 Å². The molecule has 0 fully saturated rings. The Morgan fingerprint density at radius 3 is 2.89 bits per heavy atom. The number of methoxy groups -OCH3 is 1. The van der Waals surface area contributed by atoms with Crippen LogP contribution >= 0.6 is 11.6 Å². The second-order valence-electron chi connectivity index (χ2n) is 3.49. The number of carbonyl (C=O) groups excluding carboxylic acids is 2. The van der Waals surface area contributed by atoms with Gasteiger partial charge in [-0.3, -0.25) is 4.79 Å². The molecule has 1 N–H and O–H groups in total. The Morgan fingerprint density at radius 1 is 1.58 bits per heavy atom. The minimum atomic E-state index is -0.599. The van der Waals surface area contributed by atoms with Crippen molar-refractivity contribution in [2.24, 2.45) is 0 Å². The summed E-state index contributed by atoms with van der Waals surface area (Å²) in [7, 11) is 1.23. The van der Waals surface area contributed by atoms with Crippen molar-refractivity contribution in [1.29, 1.82) is 5.26 Å². The highest BCUT2D eigenvalue weighted by Gasteiger charge is 2.11. The van der Waals surface area contributed by atoms with Gasteiger partial charge >= 0.3 is 5.97 Å². The fraction of sp³-hybridized carbons (Fsp3) is 0.154. The maximum Gasteiger partial charge on any atom is 0.334 e. The molecule has 0 aliphatic rings. The zero-order chi connectivity index (χ0) is 14.3. The van der Waals surface area contributed by atoms with Crippen molar-refractivity contribution in [2.45, 2.75) is 6.42 Å². The first kappa shape index (κ1) is 14.7. The molecule has 0 radical (unpaired) electrons. The lowest BCUT2D eigenvalue weighted by Crippen LogP contribution is -2.05. The molecule has 0 heterocycles. The zero-order valence-electron chi connectivity index (χ0n) is 10.1. The smallest absolute Gasteiger partial charge is 0.334 e. The lowest BCUT2D eigenvalue weighted by molar-refractivity contribution is -0.136. The van der Waals surface area contributed by atoms with Gasteiger partial charge in [0, 0.05) is 16.3 Å². The molecular weight excluding hydrogens is 268 g/mol. The van der Waals surface area contributed by atoms with Gasteiger partial charge in [-0.25, -0.2) is 4.79 Å². The van der Waals surface area contributed by atoms with E-state index in [1.54, 1.807) is 18.2 Å². The molecule has 0 unspecified atom stereocenters. The lowest BCUT2D eigenvalue weighted by Gasteiger charge is -2.07. The van der Waals surface area contributed by atoms with Crippen LogP contribution in [0.2, 0.25) is 5.02 Å². The number of nitriles is 1. The van der Waals surface area contributed by atoms with E-state index in [1.165, 1.54) is 13.2 Å². The van der Waals surface area contributed by atoms with E-state index in [0.717, 1.165) is 0 Å². The number of hydrogen-bond donors (Lipinski definition) is 1. The van der Waals surface area contributed by atoms with Crippen LogP contribution in [0.5, 0.6) is 0 Å². The van der Waals surface area contributed by atoms with Crippen molar-refractivity contribution in [1.82, 2.24) is 0 Å². The first-order valence-electron chi connectivity index (χ1n) is 5.28. The number of halogens is 1. The van der Waals surface area contributed by atoms with Gasteiger partial charge in [-0.2, -0.15) is 5.26 Å². The molecular formula is C13H11ClN2O3. The molecule has 1 aromatic rings. The number of nitrogens with one attached hydrogen (secondary N) is 1. The number of carbonyl (C=O) groups is 2. The standard InChI is InChI=1S/C13H11ClN2O3/c1-19-13(18)9(4-5-15)6-10-7-11(14)2-3-12(10)16-8-17/h2-3,6-8H,4H2,1H3,(H,16,17)/b9-6+. The van der Waals surface area contributed by atoms with E-state index in [4.69, 9.17) is 16.9 Å². The molecule has 0 aromatic heterocycles. The highest BCUT2D eigenvalue weighted by molar-refractivity contribution is 6.30.